The Bertz CT molecular complexity index is 264. The molecule has 1 amide bonds. The van der Waals surface area contributed by atoms with Crippen LogP contribution in [-0.4, -0.2) is 23.0 Å². The molecule has 0 aromatic carbocycles. The molecule has 2 N–H and O–H groups in total. The second kappa shape index (κ2) is 8.95. The van der Waals surface area contributed by atoms with E-state index in [1.54, 1.807) is 0 Å². The molecule has 0 spiro atoms. The molecule has 0 aliphatic carbocycles. The summed E-state index contributed by atoms with van der Waals surface area (Å²) in [6.45, 7) is 7.97. The monoisotopic (exact) mass is 257 g/mol. The predicted octanol–water partition coefficient (Wildman–Crippen LogP) is 2.82. The highest BCUT2D eigenvalue weighted by molar-refractivity contribution is 5.79. The lowest BCUT2D eigenvalue weighted by Gasteiger charge is -2.23. The van der Waals surface area contributed by atoms with Crippen LogP contribution in [0, 0.1) is 11.8 Å². The van der Waals surface area contributed by atoms with Crippen LogP contribution in [0.3, 0.4) is 0 Å². The first-order valence-electron chi connectivity index (χ1n) is 6.94. The van der Waals surface area contributed by atoms with E-state index in [2.05, 4.69) is 12.2 Å². The van der Waals surface area contributed by atoms with Crippen LogP contribution in [0.5, 0.6) is 0 Å². The second-order valence-corrected chi connectivity index (χ2v) is 5.20. The Kier molecular flexibility index (Phi) is 8.42. The quantitative estimate of drug-likeness (QED) is 0.667. The van der Waals surface area contributed by atoms with E-state index in [-0.39, 0.29) is 30.2 Å². The third kappa shape index (κ3) is 6.62. The number of amides is 1. The predicted molar refractivity (Wildman–Crippen MR) is 72.3 cm³/mol. The molecule has 0 bridgehead atoms. The number of nitrogens with one attached hydrogen (secondary N) is 1. The van der Waals surface area contributed by atoms with E-state index in [0.717, 1.165) is 25.7 Å². The standard InChI is InChI=1S/C14H27NO3/c1-5-7-8-11(6-2)14(18)15-12(10(3)4)9-13(16)17/h10-12H,5-9H2,1-4H3,(H,15,18)(H,16,17). The first-order valence-corrected chi connectivity index (χ1v) is 6.94. The van der Waals surface area contributed by atoms with Crippen molar-refractivity contribution in [3.8, 4) is 0 Å². The van der Waals surface area contributed by atoms with Gasteiger partial charge in [-0.15, -0.1) is 0 Å². The van der Waals surface area contributed by atoms with Gasteiger partial charge in [-0.25, -0.2) is 0 Å². The van der Waals surface area contributed by atoms with Gasteiger partial charge in [0.15, 0.2) is 0 Å². The Morgan fingerprint density at radius 1 is 1.22 bits per heavy atom. The number of aliphatic carboxylic acids is 1. The number of carbonyl (C=O) groups excluding carboxylic acids is 1. The van der Waals surface area contributed by atoms with Gasteiger partial charge in [-0.05, 0) is 18.8 Å². The molecule has 0 saturated heterocycles. The maximum absolute atomic E-state index is 12.1. The number of unbranched alkanes of at least 4 members (excludes halogenated alkanes) is 1. The van der Waals surface area contributed by atoms with E-state index in [1.807, 2.05) is 20.8 Å². The minimum atomic E-state index is -0.865. The summed E-state index contributed by atoms with van der Waals surface area (Å²) in [4.78, 5) is 22.8. The van der Waals surface area contributed by atoms with E-state index in [1.165, 1.54) is 0 Å². The largest absolute Gasteiger partial charge is 0.481 e. The lowest BCUT2D eigenvalue weighted by atomic mass is 9.95. The van der Waals surface area contributed by atoms with E-state index in [9.17, 15) is 9.59 Å². The molecule has 0 rings (SSSR count). The molecule has 0 saturated carbocycles. The van der Waals surface area contributed by atoms with Crippen molar-refractivity contribution in [3.05, 3.63) is 0 Å². The van der Waals surface area contributed by atoms with Crippen molar-refractivity contribution in [1.29, 1.82) is 0 Å². The number of hydrogen-bond donors (Lipinski definition) is 2. The highest BCUT2D eigenvalue weighted by Crippen LogP contribution is 2.15. The topological polar surface area (TPSA) is 66.4 Å². The first-order chi connectivity index (χ1) is 8.42. The number of rotatable bonds is 9. The summed E-state index contributed by atoms with van der Waals surface area (Å²) in [5, 5.41) is 11.7. The molecule has 0 radical (unpaired) electrons. The number of carboxylic acids is 1. The number of carboxylic acid groups (broad SMARTS) is 1. The molecule has 4 nitrogen and oxygen atoms in total. The van der Waals surface area contributed by atoms with Gasteiger partial charge in [0, 0.05) is 12.0 Å². The highest BCUT2D eigenvalue weighted by Gasteiger charge is 2.23. The van der Waals surface area contributed by atoms with Gasteiger partial charge >= 0.3 is 5.97 Å². The van der Waals surface area contributed by atoms with Gasteiger partial charge < -0.3 is 10.4 Å². The SMILES string of the molecule is CCCCC(CC)C(=O)NC(CC(=O)O)C(C)C. The minimum absolute atomic E-state index is 0.00546. The lowest BCUT2D eigenvalue weighted by Crippen LogP contribution is -2.43. The van der Waals surface area contributed by atoms with Crippen molar-refractivity contribution in [3.63, 3.8) is 0 Å². The van der Waals surface area contributed by atoms with Gasteiger partial charge in [0.1, 0.15) is 0 Å². The fraction of sp³-hybridized carbons (Fsp3) is 0.857. The zero-order chi connectivity index (χ0) is 14.1. The van der Waals surface area contributed by atoms with Crippen LogP contribution in [-0.2, 0) is 9.59 Å². The van der Waals surface area contributed by atoms with Crippen LogP contribution in [0.4, 0.5) is 0 Å². The van der Waals surface area contributed by atoms with Crippen molar-refractivity contribution >= 4 is 11.9 Å². The van der Waals surface area contributed by atoms with Crippen LogP contribution in [0.2, 0.25) is 0 Å². The van der Waals surface area contributed by atoms with Gasteiger partial charge in [-0.3, -0.25) is 9.59 Å². The smallest absolute Gasteiger partial charge is 0.305 e. The Morgan fingerprint density at radius 2 is 1.83 bits per heavy atom. The van der Waals surface area contributed by atoms with Crippen LogP contribution < -0.4 is 5.32 Å². The van der Waals surface area contributed by atoms with E-state index < -0.39 is 5.97 Å². The Morgan fingerprint density at radius 3 is 2.22 bits per heavy atom. The average molecular weight is 257 g/mol. The summed E-state index contributed by atoms with van der Waals surface area (Å²) in [6.07, 6.45) is 3.80. The van der Waals surface area contributed by atoms with E-state index in [0.29, 0.717) is 0 Å². The van der Waals surface area contributed by atoms with Crippen LogP contribution in [0.1, 0.15) is 59.8 Å². The fourth-order valence-electron chi connectivity index (χ4n) is 1.91. The number of carbonyl (C=O) groups is 2. The maximum atomic E-state index is 12.1. The summed E-state index contributed by atoms with van der Waals surface area (Å²) in [6, 6.07) is -0.273. The van der Waals surface area contributed by atoms with Crippen LogP contribution in [0.25, 0.3) is 0 Å². The molecule has 2 atom stereocenters. The van der Waals surface area contributed by atoms with Crippen molar-refractivity contribution in [1.82, 2.24) is 5.32 Å². The van der Waals surface area contributed by atoms with Gasteiger partial charge in [-0.1, -0.05) is 40.5 Å². The minimum Gasteiger partial charge on any atom is -0.481 e. The summed E-state index contributed by atoms with van der Waals surface area (Å²) in [7, 11) is 0. The summed E-state index contributed by atoms with van der Waals surface area (Å²) in [5.74, 6) is -0.713. The van der Waals surface area contributed by atoms with Crippen LogP contribution >= 0.6 is 0 Å². The highest BCUT2D eigenvalue weighted by atomic mass is 16.4. The zero-order valence-electron chi connectivity index (χ0n) is 12.0. The van der Waals surface area contributed by atoms with Gasteiger partial charge in [0.25, 0.3) is 0 Å². The average Bonchev–Trinajstić information content (AvgIpc) is 2.28. The molecule has 4 heteroatoms. The van der Waals surface area contributed by atoms with E-state index in [4.69, 9.17) is 5.11 Å². The molecule has 0 fully saturated rings. The molecule has 0 aromatic heterocycles. The second-order valence-electron chi connectivity index (χ2n) is 5.20. The van der Waals surface area contributed by atoms with Gasteiger partial charge in [0.2, 0.25) is 5.91 Å². The van der Waals surface area contributed by atoms with Crippen molar-refractivity contribution in [2.24, 2.45) is 11.8 Å². The third-order valence-electron chi connectivity index (χ3n) is 3.30. The zero-order valence-corrected chi connectivity index (χ0v) is 12.0. The third-order valence-corrected chi connectivity index (χ3v) is 3.30. The Labute approximate surface area is 110 Å². The normalized spacial score (nSPS) is 14.3. The van der Waals surface area contributed by atoms with Crippen molar-refractivity contribution < 1.29 is 14.7 Å². The molecular weight excluding hydrogens is 230 g/mol. The summed E-state index contributed by atoms with van der Waals surface area (Å²) in [5.41, 5.74) is 0. The molecule has 0 aliphatic heterocycles. The van der Waals surface area contributed by atoms with Gasteiger partial charge in [0.05, 0.1) is 6.42 Å². The van der Waals surface area contributed by atoms with E-state index >= 15 is 0 Å². The van der Waals surface area contributed by atoms with Gasteiger partial charge in [-0.2, -0.15) is 0 Å². The molecule has 106 valence electrons. The molecular formula is C14H27NO3. The molecule has 0 heterocycles. The maximum Gasteiger partial charge on any atom is 0.305 e. The first kappa shape index (κ1) is 16.9. The van der Waals surface area contributed by atoms with Crippen molar-refractivity contribution in [2.45, 2.75) is 65.8 Å². The Hall–Kier alpha value is -1.06. The van der Waals surface area contributed by atoms with Crippen LogP contribution in [0.15, 0.2) is 0 Å². The Balaban J connectivity index is 4.41. The fourth-order valence-corrected chi connectivity index (χ4v) is 1.91. The van der Waals surface area contributed by atoms with Crippen molar-refractivity contribution in [2.75, 3.05) is 0 Å². The number of hydrogen-bond acceptors (Lipinski definition) is 2. The molecule has 0 aliphatic rings. The summed E-state index contributed by atoms with van der Waals surface area (Å²) < 4.78 is 0. The molecule has 0 aromatic rings. The summed E-state index contributed by atoms with van der Waals surface area (Å²) >= 11 is 0. The lowest BCUT2D eigenvalue weighted by molar-refractivity contribution is -0.138. The molecule has 18 heavy (non-hydrogen) atoms. The molecule has 2 unspecified atom stereocenters.